The molecule has 3 rings (SSSR count). The van der Waals surface area contributed by atoms with Gasteiger partial charge in [-0.05, 0) is 30.7 Å². The van der Waals surface area contributed by atoms with Gasteiger partial charge in [-0.2, -0.15) is 0 Å². The van der Waals surface area contributed by atoms with Gasteiger partial charge in [-0.1, -0.05) is 18.9 Å². The van der Waals surface area contributed by atoms with E-state index in [0.29, 0.717) is 34.6 Å². The summed E-state index contributed by atoms with van der Waals surface area (Å²) in [7, 11) is 0. The summed E-state index contributed by atoms with van der Waals surface area (Å²) in [6.45, 7) is 2.47. The van der Waals surface area contributed by atoms with Crippen LogP contribution in [0.3, 0.4) is 0 Å². The smallest absolute Gasteiger partial charge is 0.252 e. The number of hydrogen-bond acceptors (Lipinski definition) is 5. The molecule has 1 aromatic heterocycles. The van der Waals surface area contributed by atoms with E-state index in [4.69, 9.17) is 16.9 Å². The molecule has 0 radical (unpaired) electrons. The van der Waals surface area contributed by atoms with E-state index in [0.717, 1.165) is 17.7 Å². The molecule has 130 valence electrons. The number of amides is 1. The standard InChI is InChI=1S/C20H18N4O2/c1-3-8-26-18-11-17-15(10-16(18)19(21)25)20(23-12-22-17)24-14-7-5-6-13(4-2)9-14/h2,5-7,9-12H,3,8H2,1H3,(H2,21,25)(H,22,23,24). The SMILES string of the molecule is C#Cc1cccc(Nc2ncnc3cc(OCCC)c(C(N)=O)cc23)c1. The van der Waals surface area contributed by atoms with Crippen LogP contribution in [0.5, 0.6) is 5.75 Å². The zero-order valence-corrected chi connectivity index (χ0v) is 14.3. The second-order valence-corrected chi connectivity index (χ2v) is 5.65. The van der Waals surface area contributed by atoms with Crippen molar-refractivity contribution < 1.29 is 9.53 Å². The van der Waals surface area contributed by atoms with Crippen LogP contribution >= 0.6 is 0 Å². The highest BCUT2D eigenvalue weighted by molar-refractivity contribution is 6.02. The molecular formula is C20H18N4O2. The van der Waals surface area contributed by atoms with Gasteiger partial charge in [-0.3, -0.25) is 4.79 Å². The Balaban J connectivity index is 2.07. The second kappa shape index (κ2) is 7.53. The Bertz CT molecular complexity index is 1010. The van der Waals surface area contributed by atoms with Crippen molar-refractivity contribution in [1.82, 2.24) is 9.97 Å². The third-order valence-corrected chi connectivity index (χ3v) is 3.76. The van der Waals surface area contributed by atoms with Crippen molar-refractivity contribution in [2.24, 2.45) is 5.73 Å². The number of nitrogens with zero attached hydrogens (tertiary/aromatic N) is 2. The second-order valence-electron chi connectivity index (χ2n) is 5.65. The van der Waals surface area contributed by atoms with Crippen LogP contribution in [0.1, 0.15) is 29.3 Å². The van der Waals surface area contributed by atoms with E-state index in [1.807, 2.05) is 31.2 Å². The maximum atomic E-state index is 11.8. The molecule has 0 spiro atoms. The van der Waals surface area contributed by atoms with Crippen LogP contribution in [-0.4, -0.2) is 22.5 Å². The van der Waals surface area contributed by atoms with Crippen molar-refractivity contribution in [2.75, 3.05) is 11.9 Å². The molecule has 6 heteroatoms. The Hall–Kier alpha value is -3.59. The van der Waals surface area contributed by atoms with Crippen LogP contribution in [-0.2, 0) is 0 Å². The number of carbonyl (C=O) groups excluding carboxylic acids is 1. The maximum Gasteiger partial charge on any atom is 0.252 e. The number of rotatable bonds is 6. The van der Waals surface area contributed by atoms with Gasteiger partial charge in [0, 0.05) is 22.7 Å². The topological polar surface area (TPSA) is 90.1 Å². The fraction of sp³-hybridized carbons (Fsp3) is 0.150. The first-order valence-corrected chi connectivity index (χ1v) is 8.17. The van der Waals surface area contributed by atoms with Crippen LogP contribution in [0.2, 0.25) is 0 Å². The molecule has 1 amide bonds. The van der Waals surface area contributed by atoms with Crippen LogP contribution in [0.4, 0.5) is 11.5 Å². The minimum absolute atomic E-state index is 0.293. The van der Waals surface area contributed by atoms with Gasteiger partial charge in [0.05, 0.1) is 17.7 Å². The van der Waals surface area contributed by atoms with Gasteiger partial charge >= 0.3 is 0 Å². The highest BCUT2D eigenvalue weighted by atomic mass is 16.5. The van der Waals surface area contributed by atoms with E-state index >= 15 is 0 Å². The lowest BCUT2D eigenvalue weighted by Crippen LogP contribution is -2.13. The van der Waals surface area contributed by atoms with Gasteiger partial charge in [-0.25, -0.2) is 9.97 Å². The molecule has 2 aromatic carbocycles. The number of primary amides is 1. The highest BCUT2D eigenvalue weighted by Crippen LogP contribution is 2.30. The quantitative estimate of drug-likeness (QED) is 0.669. The van der Waals surface area contributed by atoms with Crippen molar-refractivity contribution in [1.29, 1.82) is 0 Å². The van der Waals surface area contributed by atoms with Crippen LogP contribution in [0.25, 0.3) is 10.9 Å². The molecule has 0 aliphatic heterocycles. The molecule has 0 saturated carbocycles. The minimum atomic E-state index is -0.567. The Kier molecular flexibility index (Phi) is 4.99. The van der Waals surface area contributed by atoms with Gasteiger partial charge in [0.25, 0.3) is 5.91 Å². The van der Waals surface area contributed by atoms with Gasteiger partial charge in [0.1, 0.15) is 17.9 Å². The lowest BCUT2D eigenvalue weighted by Gasteiger charge is -2.13. The third kappa shape index (κ3) is 3.57. The highest BCUT2D eigenvalue weighted by Gasteiger charge is 2.15. The van der Waals surface area contributed by atoms with Gasteiger partial charge in [-0.15, -0.1) is 6.42 Å². The third-order valence-electron chi connectivity index (χ3n) is 3.76. The maximum absolute atomic E-state index is 11.8. The van der Waals surface area contributed by atoms with Crippen molar-refractivity contribution in [3.63, 3.8) is 0 Å². The summed E-state index contributed by atoms with van der Waals surface area (Å²) < 4.78 is 5.64. The number of carbonyl (C=O) groups is 1. The first-order valence-electron chi connectivity index (χ1n) is 8.17. The molecule has 3 aromatic rings. The summed E-state index contributed by atoms with van der Waals surface area (Å²) >= 11 is 0. The molecule has 0 atom stereocenters. The Morgan fingerprint density at radius 1 is 1.31 bits per heavy atom. The van der Waals surface area contributed by atoms with Crippen LogP contribution < -0.4 is 15.8 Å². The molecule has 0 bridgehead atoms. The molecule has 0 aliphatic carbocycles. The van der Waals surface area contributed by atoms with Crippen molar-refractivity contribution in [3.05, 3.63) is 53.9 Å². The first kappa shape index (κ1) is 17.2. The number of terminal acetylenes is 1. The summed E-state index contributed by atoms with van der Waals surface area (Å²) in [6.07, 6.45) is 7.71. The van der Waals surface area contributed by atoms with E-state index in [9.17, 15) is 4.79 Å². The summed E-state index contributed by atoms with van der Waals surface area (Å²) in [5.41, 5.74) is 7.99. The number of fused-ring (bicyclic) bond motifs is 1. The Morgan fingerprint density at radius 2 is 2.15 bits per heavy atom. The average Bonchev–Trinajstić information content (AvgIpc) is 2.66. The fourth-order valence-corrected chi connectivity index (χ4v) is 2.53. The zero-order chi connectivity index (χ0) is 18.5. The lowest BCUT2D eigenvalue weighted by molar-refractivity contribution is 0.0996. The molecule has 6 nitrogen and oxygen atoms in total. The summed E-state index contributed by atoms with van der Waals surface area (Å²) in [5.74, 6) is 3.00. The number of ether oxygens (including phenoxy) is 1. The van der Waals surface area contributed by atoms with Crippen molar-refractivity contribution in [2.45, 2.75) is 13.3 Å². The summed E-state index contributed by atoms with van der Waals surface area (Å²) in [4.78, 5) is 20.4. The van der Waals surface area contributed by atoms with Gasteiger partial charge < -0.3 is 15.8 Å². The normalized spacial score (nSPS) is 10.3. The van der Waals surface area contributed by atoms with E-state index in [1.165, 1.54) is 6.33 Å². The monoisotopic (exact) mass is 346 g/mol. The zero-order valence-electron chi connectivity index (χ0n) is 14.3. The van der Waals surface area contributed by atoms with E-state index in [-0.39, 0.29) is 0 Å². The number of nitrogens with one attached hydrogen (secondary N) is 1. The van der Waals surface area contributed by atoms with E-state index < -0.39 is 5.91 Å². The largest absolute Gasteiger partial charge is 0.493 e. The molecule has 0 fully saturated rings. The lowest BCUT2D eigenvalue weighted by atomic mass is 10.1. The van der Waals surface area contributed by atoms with E-state index in [1.54, 1.807) is 12.1 Å². The Labute approximate surface area is 151 Å². The number of anilines is 2. The molecule has 0 saturated heterocycles. The molecule has 0 unspecified atom stereocenters. The average molecular weight is 346 g/mol. The number of nitrogens with two attached hydrogens (primary N) is 1. The molecule has 3 N–H and O–H groups in total. The van der Waals surface area contributed by atoms with Gasteiger partial charge in [0.15, 0.2) is 0 Å². The number of benzene rings is 2. The van der Waals surface area contributed by atoms with Crippen LogP contribution in [0.15, 0.2) is 42.7 Å². The summed E-state index contributed by atoms with van der Waals surface area (Å²) in [5, 5.41) is 3.87. The van der Waals surface area contributed by atoms with Crippen molar-refractivity contribution in [3.8, 4) is 18.1 Å². The number of aromatic nitrogens is 2. The van der Waals surface area contributed by atoms with Crippen LogP contribution in [0, 0.1) is 12.3 Å². The minimum Gasteiger partial charge on any atom is -0.493 e. The molecule has 26 heavy (non-hydrogen) atoms. The Morgan fingerprint density at radius 3 is 2.88 bits per heavy atom. The molecule has 0 aliphatic rings. The predicted octanol–water partition coefficient (Wildman–Crippen LogP) is 3.24. The summed E-state index contributed by atoms with van der Waals surface area (Å²) in [6, 6.07) is 10.8. The first-order chi connectivity index (χ1) is 12.6. The van der Waals surface area contributed by atoms with E-state index in [2.05, 4.69) is 21.2 Å². The number of hydrogen-bond donors (Lipinski definition) is 2. The molecule has 1 heterocycles. The molecular weight excluding hydrogens is 328 g/mol. The van der Waals surface area contributed by atoms with Gasteiger partial charge in [0.2, 0.25) is 0 Å². The van der Waals surface area contributed by atoms with Crippen molar-refractivity contribution >= 4 is 28.3 Å². The fourth-order valence-electron chi connectivity index (χ4n) is 2.53. The predicted molar refractivity (Wildman–Crippen MR) is 102 cm³/mol.